The van der Waals surface area contributed by atoms with Gasteiger partial charge in [0.25, 0.3) is 0 Å². The summed E-state index contributed by atoms with van der Waals surface area (Å²) in [4.78, 5) is 10.4. The average Bonchev–Trinajstić information content (AvgIpc) is 2.68. The molecule has 1 N–H and O–H groups in total. The van der Waals surface area contributed by atoms with Crippen molar-refractivity contribution in [3.8, 4) is 0 Å². The van der Waals surface area contributed by atoms with E-state index in [0.717, 1.165) is 0 Å². The zero-order chi connectivity index (χ0) is 13.3. The molecule has 1 heterocycles. The number of halogens is 3. The molecule has 96 valence electrons. The number of benzene rings is 1. The van der Waals surface area contributed by atoms with E-state index in [0.29, 0.717) is 5.56 Å². The molecule has 0 radical (unpaired) electrons. The van der Waals surface area contributed by atoms with E-state index in [-0.39, 0.29) is 23.7 Å². The van der Waals surface area contributed by atoms with Crippen LogP contribution in [0.5, 0.6) is 0 Å². The summed E-state index contributed by atoms with van der Waals surface area (Å²) in [5.41, 5.74) is 0.678. The fraction of sp³-hybridized carbons (Fsp3) is 0.273. The molecular weight excluding hydrogens is 251 g/mol. The van der Waals surface area contributed by atoms with E-state index in [4.69, 9.17) is 5.11 Å². The largest absolute Gasteiger partial charge is 0.481 e. The van der Waals surface area contributed by atoms with E-state index in [1.54, 1.807) is 0 Å². The van der Waals surface area contributed by atoms with Gasteiger partial charge in [0.15, 0.2) is 0 Å². The van der Waals surface area contributed by atoms with Crippen molar-refractivity contribution < 1.29 is 27.6 Å². The van der Waals surface area contributed by atoms with E-state index in [9.17, 15) is 18.0 Å². The van der Waals surface area contributed by atoms with Crippen LogP contribution in [0.4, 0.5) is 13.2 Å². The van der Waals surface area contributed by atoms with Crippen molar-refractivity contribution in [3.05, 3.63) is 29.5 Å². The van der Waals surface area contributed by atoms with Gasteiger partial charge < -0.3 is 9.63 Å². The number of aryl methyl sites for hydroxylation is 1. The third-order valence-corrected chi connectivity index (χ3v) is 2.43. The Hall–Kier alpha value is -2.05. The minimum absolute atomic E-state index is 0.0743. The molecule has 4 nitrogen and oxygen atoms in total. The van der Waals surface area contributed by atoms with Crippen molar-refractivity contribution in [2.45, 2.75) is 19.0 Å². The molecule has 1 aromatic heterocycles. The lowest BCUT2D eigenvalue weighted by molar-refractivity contribution is -0.154. The first-order valence-electron chi connectivity index (χ1n) is 5.05. The molecule has 0 saturated carbocycles. The molecule has 0 spiro atoms. The molecule has 0 bridgehead atoms. The Morgan fingerprint density at radius 1 is 1.39 bits per heavy atom. The minimum atomic E-state index is -4.59. The predicted octanol–water partition coefficient (Wildman–Crippen LogP) is 2.86. The van der Waals surface area contributed by atoms with Crippen LogP contribution in [0, 0.1) is 0 Å². The molecular formula is C11H8F3NO3. The molecule has 0 fully saturated rings. The number of nitrogens with zero attached hydrogens (tertiary/aromatic N) is 1. The molecule has 0 aliphatic heterocycles. The molecule has 0 saturated heterocycles. The number of aliphatic carboxylic acids is 1. The number of carbonyl (C=O) groups is 1. The number of hydrogen-bond donors (Lipinski definition) is 1. The maximum absolute atomic E-state index is 12.5. The molecule has 0 aliphatic carbocycles. The molecule has 1 aromatic carbocycles. The van der Waals surface area contributed by atoms with Gasteiger partial charge in [0.1, 0.15) is 5.52 Å². The van der Waals surface area contributed by atoms with E-state index in [1.165, 1.54) is 18.2 Å². The van der Waals surface area contributed by atoms with Crippen molar-refractivity contribution in [2.75, 3.05) is 0 Å². The highest BCUT2D eigenvalue weighted by molar-refractivity contribution is 5.81. The summed E-state index contributed by atoms with van der Waals surface area (Å²) in [5, 5.41) is 11.7. The Morgan fingerprint density at radius 2 is 2.11 bits per heavy atom. The Balaban J connectivity index is 2.34. The van der Waals surface area contributed by atoms with Gasteiger partial charge in [0.2, 0.25) is 5.76 Å². The first kappa shape index (κ1) is 12.4. The van der Waals surface area contributed by atoms with Crippen LogP contribution < -0.4 is 0 Å². The van der Waals surface area contributed by atoms with Crippen molar-refractivity contribution in [2.24, 2.45) is 0 Å². The van der Waals surface area contributed by atoms with Gasteiger partial charge in [-0.05, 0) is 24.1 Å². The molecule has 2 rings (SSSR count). The number of aromatic nitrogens is 1. The van der Waals surface area contributed by atoms with Crippen LogP contribution in [-0.4, -0.2) is 16.2 Å². The second-order valence-corrected chi connectivity index (χ2v) is 3.75. The number of rotatable bonds is 3. The van der Waals surface area contributed by atoms with Gasteiger partial charge in [-0.1, -0.05) is 11.2 Å². The van der Waals surface area contributed by atoms with Gasteiger partial charge >= 0.3 is 12.1 Å². The van der Waals surface area contributed by atoms with E-state index in [2.05, 4.69) is 9.68 Å². The normalized spacial score (nSPS) is 11.9. The van der Waals surface area contributed by atoms with Crippen LogP contribution in [-0.2, 0) is 17.4 Å². The fourth-order valence-electron chi connectivity index (χ4n) is 1.60. The summed E-state index contributed by atoms with van der Waals surface area (Å²) in [6.07, 6.45) is -4.44. The minimum Gasteiger partial charge on any atom is -0.481 e. The first-order valence-corrected chi connectivity index (χ1v) is 5.05. The summed E-state index contributed by atoms with van der Waals surface area (Å²) in [5.74, 6) is -2.10. The number of alkyl halides is 3. The number of carboxylic acids is 1. The average molecular weight is 259 g/mol. The number of carboxylic acid groups (broad SMARTS) is 1. The fourth-order valence-corrected chi connectivity index (χ4v) is 1.60. The maximum Gasteiger partial charge on any atom is 0.453 e. The SMILES string of the molecule is O=C(O)CCc1ccc2c(C(F)(F)F)onc2c1. The standard InChI is InChI=1S/C11H8F3NO3/c12-11(13,14)10-7-3-1-6(2-4-9(16)17)5-8(7)15-18-10/h1,3,5H,2,4H2,(H,16,17). The third kappa shape index (κ3) is 2.44. The molecule has 7 heteroatoms. The molecule has 0 aliphatic rings. The quantitative estimate of drug-likeness (QED) is 0.920. The van der Waals surface area contributed by atoms with Crippen molar-refractivity contribution in [1.29, 1.82) is 0 Å². The third-order valence-electron chi connectivity index (χ3n) is 2.43. The second-order valence-electron chi connectivity index (χ2n) is 3.75. The Bertz CT molecular complexity index is 589. The molecule has 2 aromatic rings. The molecule has 0 unspecified atom stereocenters. The van der Waals surface area contributed by atoms with Crippen LogP contribution in [0.1, 0.15) is 17.7 Å². The van der Waals surface area contributed by atoms with Crippen LogP contribution in [0.15, 0.2) is 22.7 Å². The second kappa shape index (κ2) is 4.32. The van der Waals surface area contributed by atoms with Crippen LogP contribution in [0.25, 0.3) is 10.9 Å². The summed E-state index contributed by atoms with van der Waals surface area (Å²) >= 11 is 0. The zero-order valence-corrected chi connectivity index (χ0v) is 8.99. The van der Waals surface area contributed by atoms with Crippen LogP contribution in [0.2, 0.25) is 0 Å². The molecule has 0 atom stereocenters. The first-order chi connectivity index (χ1) is 8.38. The van der Waals surface area contributed by atoms with E-state index >= 15 is 0 Å². The number of fused-ring (bicyclic) bond motifs is 1. The van der Waals surface area contributed by atoms with Crippen molar-refractivity contribution >= 4 is 16.9 Å². The maximum atomic E-state index is 12.5. The summed E-state index contributed by atoms with van der Waals surface area (Å²) < 4.78 is 41.8. The highest BCUT2D eigenvalue weighted by Gasteiger charge is 2.38. The monoisotopic (exact) mass is 259 g/mol. The van der Waals surface area contributed by atoms with Gasteiger partial charge in [0, 0.05) is 6.42 Å². The lowest BCUT2D eigenvalue weighted by Gasteiger charge is -2.01. The lowest BCUT2D eigenvalue weighted by atomic mass is 10.1. The smallest absolute Gasteiger partial charge is 0.453 e. The van der Waals surface area contributed by atoms with E-state index < -0.39 is 17.9 Å². The van der Waals surface area contributed by atoms with Gasteiger partial charge in [-0.25, -0.2) is 0 Å². The van der Waals surface area contributed by atoms with Crippen LogP contribution in [0.3, 0.4) is 0 Å². The summed E-state index contributed by atoms with van der Waals surface area (Å²) in [6.45, 7) is 0. The molecule has 0 amide bonds. The summed E-state index contributed by atoms with van der Waals surface area (Å²) in [6, 6.07) is 4.08. The van der Waals surface area contributed by atoms with Gasteiger partial charge in [0.05, 0.1) is 5.39 Å². The molecule has 18 heavy (non-hydrogen) atoms. The lowest BCUT2D eigenvalue weighted by Crippen LogP contribution is -2.03. The Morgan fingerprint density at radius 3 is 2.72 bits per heavy atom. The highest BCUT2D eigenvalue weighted by atomic mass is 19.4. The van der Waals surface area contributed by atoms with E-state index in [1.807, 2.05) is 0 Å². The predicted molar refractivity (Wildman–Crippen MR) is 55.0 cm³/mol. The topological polar surface area (TPSA) is 63.3 Å². The Labute approximate surface area is 99.0 Å². The van der Waals surface area contributed by atoms with Crippen molar-refractivity contribution in [1.82, 2.24) is 5.16 Å². The van der Waals surface area contributed by atoms with Crippen molar-refractivity contribution in [3.63, 3.8) is 0 Å². The zero-order valence-electron chi connectivity index (χ0n) is 8.99. The van der Waals surface area contributed by atoms with Gasteiger partial charge in [-0.3, -0.25) is 4.79 Å². The highest BCUT2D eigenvalue weighted by Crippen LogP contribution is 2.34. The summed E-state index contributed by atoms with van der Waals surface area (Å²) in [7, 11) is 0. The van der Waals surface area contributed by atoms with Crippen LogP contribution >= 0.6 is 0 Å². The number of hydrogen-bond acceptors (Lipinski definition) is 3. The van der Waals surface area contributed by atoms with Gasteiger partial charge in [-0.15, -0.1) is 0 Å². The van der Waals surface area contributed by atoms with Gasteiger partial charge in [-0.2, -0.15) is 13.2 Å². The Kier molecular flexibility index (Phi) is 2.98.